The molecule has 0 spiro atoms. The van der Waals surface area contributed by atoms with E-state index < -0.39 is 17.2 Å². The van der Waals surface area contributed by atoms with E-state index in [0.717, 1.165) is 15.6 Å². The zero-order valence-electron chi connectivity index (χ0n) is 8.07. The van der Waals surface area contributed by atoms with Crippen molar-refractivity contribution < 1.29 is 18.7 Å². The molecular weight excluding hydrogens is 256 g/mol. The van der Waals surface area contributed by atoms with E-state index in [-0.39, 0.29) is 19.6 Å². The van der Waals surface area contributed by atoms with Crippen molar-refractivity contribution in [1.82, 2.24) is 15.5 Å². The number of hydrogen-bond acceptors (Lipinski definition) is 6. The summed E-state index contributed by atoms with van der Waals surface area (Å²) in [4.78, 5) is 10.2. The van der Waals surface area contributed by atoms with Crippen molar-refractivity contribution in [2.24, 2.45) is 0 Å². The van der Waals surface area contributed by atoms with Gasteiger partial charge >= 0.3 is 5.97 Å². The number of carboxylic acids is 1. The molecule has 0 aliphatic rings. The van der Waals surface area contributed by atoms with Crippen LogP contribution in [0.2, 0.25) is 0 Å². The summed E-state index contributed by atoms with van der Waals surface area (Å²) in [6.45, 7) is 0.242. The molecule has 16 heavy (non-hydrogen) atoms. The normalized spacial score (nSPS) is 12.3. The van der Waals surface area contributed by atoms with Crippen LogP contribution in [0.5, 0.6) is 0 Å². The second-order valence-corrected chi connectivity index (χ2v) is 4.34. The Morgan fingerprint density at radius 1 is 1.69 bits per heavy atom. The van der Waals surface area contributed by atoms with E-state index in [1.54, 1.807) is 0 Å². The van der Waals surface area contributed by atoms with Crippen molar-refractivity contribution in [3.05, 3.63) is 5.51 Å². The number of rotatable bonds is 7. The van der Waals surface area contributed by atoms with E-state index in [0.29, 0.717) is 5.13 Å². The van der Waals surface area contributed by atoms with Crippen LogP contribution in [-0.4, -0.2) is 49.7 Å². The first-order valence-electron chi connectivity index (χ1n) is 4.18. The zero-order valence-corrected chi connectivity index (χ0v) is 9.70. The van der Waals surface area contributed by atoms with Gasteiger partial charge in [0.15, 0.2) is 0 Å². The van der Waals surface area contributed by atoms with E-state index in [9.17, 15) is 9.00 Å². The summed E-state index contributed by atoms with van der Waals surface area (Å²) in [5.74, 6) is -0.979. The predicted molar refractivity (Wildman–Crippen MR) is 58.5 cm³/mol. The topological polar surface area (TPSA) is 116 Å². The average Bonchev–Trinajstić information content (AvgIpc) is 2.69. The van der Waals surface area contributed by atoms with Crippen LogP contribution in [0.25, 0.3) is 0 Å². The Bertz CT molecular complexity index is 357. The number of anilines is 1. The maximum absolute atomic E-state index is 11.0. The van der Waals surface area contributed by atoms with E-state index >= 15 is 0 Å². The SMILES string of the molecule is O=C(O)CNCCN(c1nncs1)S(=O)O. The third kappa shape index (κ3) is 4.18. The van der Waals surface area contributed by atoms with E-state index in [1.807, 2.05) is 0 Å². The second-order valence-electron chi connectivity index (χ2n) is 2.62. The molecule has 1 aromatic heterocycles. The lowest BCUT2D eigenvalue weighted by molar-refractivity contribution is -0.135. The Labute approximate surface area is 97.7 Å². The Balaban J connectivity index is 2.41. The molecule has 8 nitrogen and oxygen atoms in total. The third-order valence-corrected chi connectivity index (χ3v) is 3.08. The highest BCUT2D eigenvalue weighted by Crippen LogP contribution is 2.15. The van der Waals surface area contributed by atoms with Gasteiger partial charge in [0.1, 0.15) is 5.51 Å². The first-order chi connectivity index (χ1) is 7.61. The van der Waals surface area contributed by atoms with Crippen LogP contribution in [0.1, 0.15) is 0 Å². The molecule has 0 aliphatic carbocycles. The molecule has 10 heteroatoms. The van der Waals surface area contributed by atoms with Crippen molar-refractivity contribution >= 4 is 33.7 Å². The summed E-state index contributed by atoms with van der Waals surface area (Å²) in [6.07, 6.45) is 0. The number of aromatic nitrogens is 2. The van der Waals surface area contributed by atoms with Gasteiger partial charge in [0.2, 0.25) is 5.13 Å². The standard InChI is InChI=1S/C6H10N4O4S2/c11-5(12)3-7-1-2-10(16(13)14)6-9-8-4-15-6/h4,7H,1-3H2,(H,11,12)(H,13,14). The Morgan fingerprint density at radius 2 is 2.44 bits per heavy atom. The number of carbonyl (C=O) groups is 1. The number of hydrogen-bond donors (Lipinski definition) is 3. The number of nitrogens with one attached hydrogen (secondary N) is 1. The number of aliphatic carboxylic acids is 1. The molecule has 0 amide bonds. The first kappa shape index (κ1) is 13.0. The maximum atomic E-state index is 11.0. The average molecular weight is 266 g/mol. The van der Waals surface area contributed by atoms with Gasteiger partial charge in [0.25, 0.3) is 11.3 Å². The minimum absolute atomic E-state index is 0.172. The smallest absolute Gasteiger partial charge is 0.317 e. The monoisotopic (exact) mass is 266 g/mol. The van der Waals surface area contributed by atoms with Gasteiger partial charge in [0, 0.05) is 13.1 Å². The van der Waals surface area contributed by atoms with Gasteiger partial charge in [-0.05, 0) is 0 Å². The summed E-state index contributed by atoms with van der Waals surface area (Å²) >= 11 is -1.06. The molecule has 0 fully saturated rings. The van der Waals surface area contributed by atoms with Crippen LogP contribution in [-0.2, 0) is 16.1 Å². The van der Waals surface area contributed by atoms with Crippen LogP contribution in [0.15, 0.2) is 5.51 Å². The molecule has 0 saturated heterocycles. The molecule has 0 radical (unpaired) electrons. The summed E-state index contributed by atoms with van der Waals surface area (Å²) < 4.78 is 21.1. The summed E-state index contributed by atoms with van der Waals surface area (Å²) in [7, 11) is 0. The predicted octanol–water partition coefficient (Wildman–Crippen LogP) is -0.845. The molecule has 0 aromatic carbocycles. The molecule has 1 rings (SSSR count). The van der Waals surface area contributed by atoms with Crippen molar-refractivity contribution in [2.75, 3.05) is 23.9 Å². The van der Waals surface area contributed by atoms with Gasteiger partial charge in [-0.1, -0.05) is 11.3 Å². The Morgan fingerprint density at radius 3 is 2.94 bits per heavy atom. The molecule has 90 valence electrons. The molecule has 3 N–H and O–H groups in total. The molecule has 0 bridgehead atoms. The van der Waals surface area contributed by atoms with E-state index in [1.165, 1.54) is 5.51 Å². The van der Waals surface area contributed by atoms with Gasteiger partial charge in [-0.25, -0.2) is 8.51 Å². The fourth-order valence-electron chi connectivity index (χ4n) is 0.892. The summed E-state index contributed by atoms with van der Waals surface area (Å²) in [5, 5.41) is 18.5. The lowest BCUT2D eigenvalue weighted by Gasteiger charge is -2.15. The van der Waals surface area contributed by atoms with Gasteiger partial charge in [-0.15, -0.1) is 10.2 Å². The highest BCUT2D eigenvalue weighted by Gasteiger charge is 2.14. The molecule has 0 aliphatic heterocycles. The van der Waals surface area contributed by atoms with Crippen LogP contribution in [0.4, 0.5) is 5.13 Å². The Hall–Kier alpha value is -1.10. The van der Waals surface area contributed by atoms with Crippen LogP contribution in [0, 0.1) is 0 Å². The maximum Gasteiger partial charge on any atom is 0.317 e. The van der Waals surface area contributed by atoms with E-state index in [2.05, 4.69) is 15.5 Å². The number of nitrogens with zero attached hydrogens (tertiary/aromatic N) is 3. The molecular formula is C6H10N4O4S2. The van der Waals surface area contributed by atoms with Crippen molar-refractivity contribution in [3.8, 4) is 0 Å². The molecule has 1 atom stereocenters. The van der Waals surface area contributed by atoms with Gasteiger partial charge < -0.3 is 10.4 Å². The molecule has 1 aromatic rings. The Kier molecular flexibility index (Phi) is 5.25. The van der Waals surface area contributed by atoms with Crippen molar-refractivity contribution in [1.29, 1.82) is 0 Å². The molecule has 0 saturated carbocycles. The van der Waals surface area contributed by atoms with Crippen molar-refractivity contribution in [3.63, 3.8) is 0 Å². The van der Waals surface area contributed by atoms with Crippen molar-refractivity contribution in [2.45, 2.75) is 0 Å². The fourth-order valence-corrected chi connectivity index (χ4v) is 2.12. The highest BCUT2D eigenvalue weighted by atomic mass is 32.2. The number of carboxylic acid groups (broad SMARTS) is 1. The second kappa shape index (κ2) is 6.48. The summed E-state index contributed by atoms with van der Waals surface area (Å²) in [6, 6.07) is 0. The van der Waals surface area contributed by atoms with Gasteiger partial charge in [0.05, 0.1) is 6.54 Å². The summed E-state index contributed by atoms with van der Waals surface area (Å²) in [5.41, 5.74) is 1.44. The fraction of sp³-hybridized carbons (Fsp3) is 0.500. The van der Waals surface area contributed by atoms with Crippen LogP contribution < -0.4 is 9.62 Å². The van der Waals surface area contributed by atoms with Crippen LogP contribution >= 0.6 is 11.3 Å². The van der Waals surface area contributed by atoms with Crippen LogP contribution in [0.3, 0.4) is 0 Å². The van der Waals surface area contributed by atoms with E-state index in [4.69, 9.17) is 9.66 Å². The lowest BCUT2D eigenvalue weighted by atomic mass is 10.5. The molecule has 1 unspecified atom stereocenters. The lowest BCUT2D eigenvalue weighted by Crippen LogP contribution is -2.35. The van der Waals surface area contributed by atoms with Gasteiger partial charge in [-0.2, -0.15) is 0 Å². The minimum atomic E-state index is -2.19. The first-order valence-corrected chi connectivity index (χ1v) is 6.12. The van der Waals surface area contributed by atoms with Gasteiger partial charge in [-0.3, -0.25) is 9.35 Å². The zero-order chi connectivity index (χ0) is 12.0. The quantitative estimate of drug-likeness (QED) is 0.435. The minimum Gasteiger partial charge on any atom is -0.480 e. The molecule has 1 heterocycles. The largest absolute Gasteiger partial charge is 0.480 e. The third-order valence-electron chi connectivity index (χ3n) is 1.52. The highest BCUT2D eigenvalue weighted by molar-refractivity contribution is 7.81.